The van der Waals surface area contributed by atoms with E-state index in [9.17, 15) is 4.79 Å². The highest BCUT2D eigenvalue weighted by Crippen LogP contribution is 2.04. The first-order valence-corrected chi connectivity index (χ1v) is 5.54. The number of hydrogen-bond acceptors (Lipinski definition) is 3. The van der Waals surface area contributed by atoms with Crippen LogP contribution >= 0.6 is 0 Å². The molecule has 2 unspecified atom stereocenters. The van der Waals surface area contributed by atoms with Crippen LogP contribution in [0.1, 0.15) is 37.0 Å². The number of aromatic nitrogens is 2. The summed E-state index contributed by atoms with van der Waals surface area (Å²) < 4.78 is 0. The molecule has 2 atom stereocenters. The lowest BCUT2D eigenvalue weighted by Crippen LogP contribution is -2.38. The van der Waals surface area contributed by atoms with Crippen molar-refractivity contribution in [3.05, 3.63) is 17.5 Å². The second-order valence-electron chi connectivity index (χ2n) is 4.05. The summed E-state index contributed by atoms with van der Waals surface area (Å²) in [5, 5.41) is 18.5. The third-order valence-corrected chi connectivity index (χ3v) is 2.74. The van der Waals surface area contributed by atoms with Crippen molar-refractivity contribution in [1.29, 1.82) is 0 Å². The molecule has 0 aliphatic carbocycles. The van der Waals surface area contributed by atoms with E-state index >= 15 is 0 Å². The highest BCUT2D eigenvalue weighted by atomic mass is 16.3. The van der Waals surface area contributed by atoms with Crippen LogP contribution in [0, 0.1) is 5.92 Å². The van der Waals surface area contributed by atoms with Crippen molar-refractivity contribution in [2.24, 2.45) is 5.92 Å². The van der Waals surface area contributed by atoms with Crippen LogP contribution in [0.5, 0.6) is 0 Å². The number of amides is 1. The maximum atomic E-state index is 11.7. The summed E-state index contributed by atoms with van der Waals surface area (Å²) in [5.41, 5.74) is 1.34. The summed E-state index contributed by atoms with van der Waals surface area (Å²) in [7, 11) is 0. The molecule has 0 saturated heterocycles. The highest BCUT2D eigenvalue weighted by Gasteiger charge is 2.16. The molecular formula is C11H19N3O2. The monoisotopic (exact) mass is 225 g/mol. The zero-order valence-electron chi connectivity index (χ0n) is 9.95. The van der Waals surface area contributed by atoms with Crippen LogP contribution < -0.4 is 5.32 Å². The molecule has 0 fully saturated rings. The van der Waals surface area contributed by atoms with Crippen LogP contribution in [-0.4, -0.2) is 33.9 Å². The standard InChI is InChI=1S/C11H19N3O2/c1-4-9-5-10(14-13-9)11(16)12-8(3)7(2)6-15/h5,7-8,15H,4,6H2,1-3H3,(H,12,16)(H,13,14). The number of aryl methyl sites for hydroxylation is 1. The number of rotatable bonds is 5. The Labute approximate surface area is 95.3 Å². The largest absolute Gasteiger partial charge is 0.396 e. The van der Waals surface area contributed by atoms with Crippen LogP contribution in [0.15, 0.2) is 6.07 Å². The minimum Gasteiger partial charge on any atom is -0.396 e. The van der Waals surface area contributed by atoms with E-state index in [1.165, 1.54) is 0 Å². The van der Waals surface area contributed by atoms with Gasteiger partial charge in [0.1, 0.15) is 5.69 Å². The molecule has 0 saturated carbocycles. The number of aliphatic hydroxyl groups is 1. The van der Waals surface area contributed by atoms with Gasteiger partial charge in [0, 0.05) is 18.3 Å². The van der Waals surface area contributed by atoms with E-state index in [0.29, 0.717) is 5.69 Å². The summed E-state index contributed by atoms with van der Waals surface area (Å²) in [6.45, 7) is 5.80. The Kier molecular flexibility index (Phi) is 4.49. The molecule has 5 heteroatoms. The first-order valence-electron chi connectivity index (χ1n) is 5.54. The molecule has 0 bridgehead atoms. The van der Waals surface area contributed by atoms with E-state index in [4.69, 9.17) is 5.11 Å². The normalized spacial score (nSPS) is 14.5. The summed E-state index contributed by atoms with van der Waals surface area (Å²) in [4.78, 5) is 11.7. The van der Waals surface area contributed by atoms with Gasteiger partial charge < -0.3 is 10.4 Å². The Morgan fingerprint density at radius 3 is 2.81 bits per heavy atom. The molecule has 0 aliphatic rings. The van der Waals surface area contributed by atoms with Gasteiger partial charge in [-0.05, 0) is 25.3 Å². The summed E-state index contributed by atoms with van der Waals surface area (Å²) in [6, 6.07) is 1.67. The quantitative estimate of drug-likeness (QED) is 0.691. The van der Waals surface area contributed by atoms with Crippen molar-refractivity contribution in [2.45, 2.75) is 33.2 Å². The smallest absolute Gasteiger partial charge is 0.271 e. The number of nitrogens with zero attached hydrogens (tertiary/aromatic N) is 1. The first-order chi connectivity index (χ1) is 7.58. The van der Waals surface area contributed by atoms with Crippen molar-refractivity contribution < 1.29 is 9.90 Å². The predicted molar refractivity (Wildman–Crippen MR) is 61.1 cm³/mol. The number of aliphatic hydroxyl groups excluding tert-OH is 1. The molecule has 1 amide bonds. The van der Waals surface area contributed by atoms with Gasteiger partial charge in [0.25, 0.3) is 5.91 Å². The van der Waals surface area contributed by atoms with Gasteiger partial charge >= 0.3 is 0 Å². The molecule has 3 N–H and O–H groups in total. The molecule has 0 radical (unpaired) electrons. The summed E-state index contributed by atoms with van der Waals surface area (Å²) in [5.74, 6) is -0.169. The Morgan fingerprint density at radius 1 is 1.62 bits per heavy atom. The van der Waals surface area contributed by atoms with E-state index in [1.807, 2.05) is 20.8 Å². The molecule has 0 spiro atoms. The van der Waals surface area contributed by atoms with Crippen molar-refractivity contribution in [2.75, 3.05) is 6.61 Å². The second-order valence-corrected chi connectivity index (χ2v) is 4.05. The second kappa shape index (κ2) is 5.65. The number of nitrogens with one attached hydrogen (secondary N) is 2. The molecule has 1 rings (SSSR count). The maximum Gasteiger partial charge on any atom is 0.271 e. The molecule has 0 aliphatic heterocycles. The number of aromatic amines is 1. The average molecular weight is 225 g/mol. The minimum atomic E-state index is -0.205. The maximum absolute atomic E-state index is 11.7. The van der Waals surface area contributed by atoms with Gasteiger partial charge in [0.2, 0.25) is 0 Å². The Bertz CT molecular complexity index is 349. The highest BCUT2D eigenvalue weighted by molar-refractivity contribution is 5.92. The number of hydrogen-bond donors (Lipinski definition) is 3. The molecule has 1 aromatic rings. The van der Waals surface area contributed by atoms with E-state index in [2.05, 4.69) is 15.5 Å². The molecule has 1 heterocycles. The third kappa shape index (κ3) is 3.06. The van der Waals surface area contributed by atoms with Gasteiger partial charge in [-0.15, -0.1) is 0 Å². The summed E-state index contributed by atoms with van der Waals surface area (Å²) in [6.07, 6.45) is 0.822. The van der Waals surface area contributed by atoms with Gasteiger partial charge in [-0.25, -0.2) is 0 Å². The minimum absolute atomic E-state index is 0.0357. The Morgan fingerprint density at radius 2 is 2.31 bits per heavy atom. The van der Waals surface area contributed by atoms with Crippen LogP contribution in [0.2, 0.25) is 0 Å². The Balaban J connectivity index is 2.58. The van der Waals surface area contributed by atoms with E-state index in [-0.39, 0.29) is 24.5 Å². The molecular weight excluding hydrogens is 206 g/mol. The SMILES string of the molecule is CCc1cc(C(=O)NC(C)C(C)CO)n[nH]1. The van der Waals surface area contributed by atoms with Crippen LogP contribution in [0.25, 0.3) is 0 Å². The zero-order valence-corrected chi connectivity index (χ0v) is 9.95. The van der Waals surface area contributed by atoms with Gasteiger partial charge in [-0.3, -0.25) is 9.89 Å². The molecule has 5 nitrogen and oxygen atoms in total. The van der Waals surface area contributed by atoms with Gasteiger partial charge in [-0.1, -0.05) is 13.8 Å². The van der Waals surface area contributed by atoms with E-state index in [0.717, 1.165) is 12.1 Å². The number of H-pyrrole nitrogens is 1. The lowest BCUT2D eigenvalue weighted by atomic mass is 10.1. The topological polar surface area (TPSA) is 78.0 Å². The molecule has 0 aromatic carbocycles. The van der Waals surface area contributed by atoms with Crippen molar-refractivity contribution in [3.63, 3.8) is 0 Å². The van der Waals surface area contributed by atoms with E-state index in [1.54, 1.807) is 6.07 Å². The fourth-order valence-corrected chi connectivity index (χ4v) is 1.24. The zero-order chi connectivity index (χ0) is 12.1. The molecule has 16 heavy (non-hydrogen) atoms. The van der Waals surface area contributed by atoms with Crippen molar-refractivity contribution >= 4 is 5.91 Å². The van der Waals surface area contributed by atoms with Crippen LogP contribution in [0.4, 0.5) is 0 Å². The lowest BCUT2D eigenvalue weighted by Gasteiger charge is -2.18. The van der Waals surface area contributed by atoms with Crippen LogP contribution in [-0.2, 0) is 6.42 Å². The van der Waals surface area contributed by atoms with Crippen LogP contribution in [0.3, 0.4) is 0 Å². The van der Waals surface area contributed by atoms with Gasteiger partial charge in [-0.2, -0.15) is 5.10 Å². The van der Waals surface area contributed by atoms with E-state index < -0.39 is 0 Å². The van der Waals surface area contributed by atoms with Gasteiger partial charge in [0.15, 0.2) is 0 Å². The number of carbonyl (C=O) groups is 1. The molecule has 90 valence electrons. The predicted octanol–water partition coefficient (Wildman–Crippen LogP) is 0.719. The van der Waals surface area contributed by atoms with Gasteiger partial charge in [0.05, 0.1) is 0 Å². The van der Waals surface area contributed by atoms with Crippen molar-refractivity contribution in [1.82, 2.24) is 15.5 Å². The summed E-state index contributed by atoms with van der Waals surface area (Å²) >= 11 is 0. The lowest BCUT2D eigenvalue weighted by molar-refractivity contribution is 0.0911. The number of carbonyl (C=O) groups excluding carboxylic acids is 1. The van der Waals surface area contributed by atoms with Crippen molar-refractivity contribution in [3.8, 4) is 0 Å². The Hall–Kier alpha value is -1.36. The average Bonchev–Trinajstić information content (AvgIpc) is 2.76. The third-order valence-electron chi connectivity index (χ3n) is 2.74. The fraction of sp³-hybridized carbons (Fsp3) is 0.636. The molecule has 1 aromatic heterocycles. The fourth-order valence-electron chi connectivity index (χ4n) is 1.24. The first kappa shape index (κ1) is 12.7.